The van der Waals surface area contributed by atoms with E-state index >= 15 is 0 Å². The number of fused-ring (bicyclic) bond motifs is 1. The number of aromatic nitrogens is 2. The number of nitrogens with one attached hydrogen (secondary N) is 1. The number of aryl methyl sites for hydroxylation is 2. The number of carbonyl (C=O) groups excluding carboxylic acids is 1. The fourth-order valence-electron chi connectivity index (χ4n) is 4.53. The third-order valence-corrected chi connectivity index (χ3v) is 6.14. The van der Waals surface area contributed by atoms with Crippen molar-refractivity contribution in [3.05, 3.63) is 52.8 Å². The van der Waals surface area contributed by atoms with Crippen LogP contribution in [0, 0.1) is 6.92 Å². The van der Waals surface area contributed by atoms with Crippen LogP contribution in [0.3, 0.4) is 0 Å². The Bertz CT molecular complexity index is 789. The number of amides is 1. The Morgan fingerprint density at radius 3 is 2.68 bits per heavy atom. The molecule has 150 valence electrons. The molecule has 1 saturated carbocycles. The molecule has 1 aliphatic heterocycles. The van der Waals surface area contributed by atoms with Crippen molar-refractivity contribution in [2.45, 2.75) is 77.5 Å². The van der Waals surface area contributed by atoms with E-state index in [-0.39, 0.29) is 5.91 Å². The summed E-state index contributed by atoms with van der Waals surface area (Å²) in [4.78, 5) is 14.9. The first-order chi connectivity index (χ1) is 13.7. The topological polar surface area (TPSA) is 50.2 Å². The lowest BCUT2D eigenvalue weighted by Gasteiger charge is -2.33. The molecule has 0 spiro atoms. The summed E-state index contributed by atoms with van der Waals surface area (Å²) in [6.07, 6.45) is 8.41. The van der Waals surface area contributed by atoms with Gasteiger partial charge in [0.25, 0.3) is 0 Å². The fourth-order valence-corrected chi connectivity index (χ4v) is 4.53. The lowest BCUT2D eigenvalue weighted by Crippen LogP contribution is -2.36. The zero-order chi connectivity index (χ0) is 19.3. The molecule has 2 aromatic rings. The van der Waals surface area contributed by atoms with Gasteiger partial charge in [0, 0.05) is 25.7 Å². The number of nitrogens with zero attached hydrogens (tertiary/aromatic N) is 3. The second-order valence-electron chi connectivity index (χ2n) is 8.41. The van der Waals surface area contributed by atoms with Crippen molar-refractivity contribution >= 4 is 5.91 Å². The summed E-state index contributed by atoms with van der Waals surface area (Å²) in [5, 5.41) is 7.79. The van der Waals surface area contributed by atoms with Gasteiger partial charge in [-0.2, -0.15) is 5.10 Å². The smallest absolute Gasteiger partial charge is 0.224 e. The van der Waals surface area contributed by atoms with Crippen LogP contribution in [0.1, 0.15) is 61.0 Å². The van der Waals surface area contributed by atoms with E-state index in [1.54, 1.807) is 0 Å². The monoisotopic (exact) mass is 380 g/mol. The van der Waals surface area contributed by atoms with Crippen LogP contribution < -0.4 is 5.32 Å². The Labute approximate surface area is 168 Å². The normalized spacial score (nSPS) is 18.5. The summed E-state index contributed by atoms with van der Waals surface area (Å²) < 4.78 is 2.16. The van der Waals surface area contributed by atoms with Crippen molar-refractivity contribution in [3.63, 3.8) is 0 Å². The molecule has 0 saturated heterocycles. The van der Waals surface area contributed by atoms with E-state index in [9.17, 15) is 4.79 Å². The zero-order valence-corrected chi connectivity index (χ0v) is 17.0. The maximum atomic E-state index is 12.3. The van der Waals surface area contributed by atoms with Gasteiger partial charge < -0.3 is 5.32 Å². The Hall–Kier alpha value is -2.14. The highest BCUT2D eigenvalue weighted by Crippen LogP contribution is 2.26. The fraction of sp³-hybridized carbons (Fsp3) is 0.565. The molecule has 0 unspecified atom stereocenters. The van der Waals surface area contributed by atoms with Gasteiger partial charge in [-0.25, -0.2) is 0 Å². The Morgan fingerprint density at radius 2 is 1.89 bits per heavy atom. The zero-order valence-electron chi connectivity index (χ0n) is 17.0. The molecule has 0 bridgehead atoms. The molecule has 5 heteroatoms. The predicted molar refractivity (Wildman–Crippen MR) is 111 cm³/mol. The number of benzene rings is 1. The second-order valence-corrected chi connectivity index (χ2v) is 8.41. The molecule has 5 nitrogen and oxygen atoms in total. The molecule has 1 amide bonds. The summed E-state index contributed by atoms with van der Waals surface area (Å²) in [7, 11) is 0. The van der Waals surface area contributed by atoms with E-state index in [4.69, 9.17) is 5.10 Å². The highest BCUT2D eigenvalue weighted by atomic mass is 16.1. The minimum atomic E-state index is 0.0517. The van der Waals surface area contributed by atoms with E-state index in [1.807, 2.05) is 24.3 Å². The van der Waals surface area contributed by atoms with Crippen molar-refractivity contribution in [2.24, 2.45) is 0 Å². The van der Waals surface area contributed by atoms with E-state index in [2.05, 4.69) is 27.9 Å². The standard InChI is InChI=1S/C23H32N4O/c1-18-8-10-19(11-9-18)14-23(28)24-16-20-15-22-17-26(12-5-13-27(22)25-20)21-6-3-2-4-7-21/h8-11,15,21H,2-7,12-14,16-17H2,1H3,(H,24,28). The number of carbonyl (C=O) groups is 1. The van der Waals surface area contributed by atoms with Gasteiger partial charge in [-0.05, 0) is 37.8 Å². The summed E-state index contributed by atoms with van der Waals surface area (Å²) in [5.41, 5.74) is 4.53. The van der Waals surface area contributed by atoms with Crippen LogP contribution in [-0.4, -0.2) is 33.2 Å². The molecule has 1 N–H and O–H groups in total. The first kappa shape index (κ1) is 19.2. The molecule has 2 aliphatic rings. The molecule has 1 fully saturated rings. The number of hydrogen-bond donors (Lipinski definition) is 1. The third-order valence-electron chi connectivity index (χ3n) is 6.14. The van der Waals surface area contributed by atoms with Gasteiger partial charge in [0.15, 0.2) is 0 Å². The van der Waals surface area contributed by atoms with Crippen LogP contribution in [0.15, 0.2) is 30.3 Å². The molecular weight excluding hydrogens is 348 g/mol. The first-order valence-electron chi connectivity index (χ1n) is 10.8. The van der Waals surface area contributed by atoms with Gasteiger partial charge in [-0.1, -0.05) is 49.1 Å². The average Bonchev–Trinajstić information content (AvgIpc) is 2.99. The average molecular weight is 381 g/mol. The van der Waals surface area contributed by atoms with Crippen molar-refractivity contribution < 1.29 is 4.79 Å². The molecule has 1 aromatic carbocycles. The molecule has 4 rings (SSSR count). The van der Waals surface area contributed by atoms with E-state index in [1.165, 1.54) is 49.9 Å². The first-order valence-corrected chi connectivity index (χ1v) is 10.8. The van der Waals surface area contributed by atoms with Crippen molar-refractivity contribution in [1.82, 2.24) is 20.0 Å². The molecule has 2 heterocycles. The molecule has 1 aromatic heterocycles. The van der Waals surface area contributed by atoms with Gasteiger partial charge in [0.05, 0.1) is 24.4 Å². The van der Waals surface area contributed by atoms with E-state index < -0.39 is 0 Å². The van der Waals surface area contributed by atoms with Crippen LogP contribution in [0.4, 0.5) is 0 Å². The second kappa shape index (κ2) is 8.91. The Kier molecular flexibility index (Phi) is 6.10. The molecule has 0 radical (unpaired) electrons. The molecule has 0 atom stereocenters. The van der Waals surface area contributed by atoms with Crippen LogP contribution in [-0.2, 0) is 30.8 Å². The molecule has 1 aliphatic carbocycles. The maximum absolute atomic E-state index is 12.3. The predicted octanol–water partition coefficient (Wildman–Crippen LogP) is 3.59. The van der Waals surface area contributed by atoms with Crippen LogP contribution >= 0.6 is 0 Å². The van der Waals surface area contributed by atoms with Crippen LogP contribution in [0.2, 0.25) is 0 Å². The van der Waals surface area contributed by atoms with Crippen LogP contribution in [0.5, 0.6) is 0 Å². The Balaban J connectivity index is 1.33. The van der Waals surface area contributed by atoms with Gasteiger partial charge >= 0.3 is 0 Å². The SMILES string of the molecule is Cc1ccc(CC(=O)NCc2cc3n(n2)CCCN(C2CCCCC2)C3)cc1. The van der Waals surface area contributed by atoms with Crippen LogP contribution in [0.25, 0.3) is 0 Å². The number of hydrogen-bond acceptors (Lipinski definition) is 3. The van der Waals surface area contributed by atoms with Gasteiger partial charge in [-0.15, -0.1) is 0 Å². The summed E-state index contributed by atoms with van der Waals surface area (Å²) in [6.45, 7) is 5.72. The summed E-state index contributed by atoms with van der Waals surface area (Å²) >= 11 is 0. The molecule has 28 heavy (non-hydrogen) atoms. The third kappa shape index (κ3) is 4.82. The largest absolute Gasteiger partial charge is 0.350 e. The Morgan fingerprint density at radius 1 is 1.11 bits per heavy atom. The highest BCUT2D eigenvalue weighted by Gasteiger charge is 2.24. The lowest BCUT2D eigenvalue weighted by molar-refractivity contribution is -0.120. The van der Waals surface area contributed by atoms with Gasteiger partial charge in [0.2, 0.25) is 5.91 Å². The quantitative estimate of drug-likeness (QED) is 0.862. The maximum Gasteiger partial charge on any atom is 0.224 e. The van der Waals surface area contributed by atoms with Crippen molar-refractivity contribution in [2.75, 3.05) is 6.54 Å². The van der Waals surface area contributed by atoms with E-state index in [0.717, 1.165) is 36.8 Å². The highest BCUT2D eigenvalue weighted by molar-refractivity contribution is 5.78. The van der Waals surface area contributed by atoms with Gasteiger partial charge in [0.1, 0.15) is 0 Å². The van der Waals surface area contributed by atoms with E-state index in [0.29, 0.717) is 13.0 Å². The lowest BCUT2D eigenvalue weighted by atomic mass is 9.94. The summed E-state index contributed by atoms with van der Waals surface area (Å²) in [6, 6.07) is 11.1. The summed E-state index contributed by atoms with van der Waals surface area (Å²) in [5.74, 6) is 0.0517. The van der Waals surface area contributed by atoms with Crippen molar-refractivity contribution in [1.29, 1.82) is 0 Å². The minimum absolute atomic E-state index is 0.0517. The number of rotatable bonds is 5. The molecular formula is C23H32N4O. The minimum Gasteiger partial charge on any atom is -0.350 e. The van der Waals surface area contributed by atoms with Crippen molar-refractivity contribution in [3.8, 4) is 0 Å². The van der Waals surface area contributed by atoms with Gasteiger partial charge in [-0.3, -0.25) is 14.4 Å².